The van der Waals surface area contributed by atoms with E-state index in [2.05, 4.69) is 26.2 Å². The summed E-state index contributed by atoms with van der Waals surface area (Å²) in [6.45, 7) is 0.615. The molecule has 0 unspecified atom stereocenters. The van der Waals surface area contributed by atoms with Gasteiger partial charge in [-0.2, -0.15) is 0 Å². The third-order valence-corrected chi connectivity index (χ3v) is 3.26. The van der Waals surface area contributed by atoms with Gasteiger partial charge >= 0.3 is 0 Å². The molecule has 2 aromatic rings. The average molecular weight is 305 g/mol. The molecule has 4 heteroatoms. The molecule has 1 aromatic heterocycles. The number of amides is 1. The van der Waals surface area contributed by atoms with Crippen LogP contribution in [0.2, 0.25) is 0 Å². The minimum Gasteiger partial charge on any atom is -0.352 e. The van der Waals surface area contributed by atoms with Crippen LogP contribution in [0.25, 0.3) is 0 Å². The second kappa shape index (κ2) is 6.31. The minimum atomic E-state index is -0.0588. The predicted octanol–water partition coefficient (Wildman–Crippen LogP) is 2.82. The average Bonchev–Trinajstić information content (AvgIpc) is 2.40. The standard InChI is InChI=1S/C14H13BrN2O/c15-13-4-2-1-3-12(13)14(18)17-10-7-11-5-8-16-9-6-11/h1-6,8-9H,7,10H2,(H,17,18). The fraction of sp³-hybridized carbons (Fsp3) is 0.143. The number of aromatic nitrogens is 1. The summed E-state index contributed by atoms with van der Waals surface area (Å²) < 4.78 is 0.811. The lowest BCUT2D eigenvalue weighted by Crippen LogP contribution is -2.25. The number of rotatable bonds is 4. The van der Waals surface area contributed by atoms with Crippen molar-refractivity contribution in [2.75, 3.05) is 6.54 Å². The number of nitrogens with zero attached hydrogens (tertiary/aromatic N) is 1. The molecule has 0 spiro atoms. The maximum absolute atomic E-state index is 11.9. The van der Waals surface area contributed by atoms with Crippen LogP contribution in [-0.4, -0.2) is 17.4 Å². The predicted molar refractivity (Wildman–Crippen MR) is 74.4 cm³/mol. The van der Waals surface area contributed by atoms with Crippen LogP contribution in [0.5, 0.6) is 0 Å². The first-order chi connectivity index (χ1) is 8.77. The highest BCUT2D eigenvalue weighted by Gasteiger charge is 2.07. The van der Waals surface area contributed by atoms with E-state index in [0.717, 1.165) is 16.5 Å². The Morgan fingerprint density at radius 2 is 1.89 bits per heavy atom. The number of hydrogen-bond acceptors (Lipinski definition) is 2. The number of carbonyl (C=O) groups excluding carboxylic acids is 1. The molecule has 0 radical (unpaired) electrons. The van der Waals surface area contributed by atoms with E-state index < -0.39 is 0 Å². The number of pyridine rings is 1. The van der Waals surface area contributed by atoms with Gasteiger partial charge < -0.3 is 5.32 Å². The third-order valence-electron chi connectivity index (χ3n) is 2.57. The Hall–Kier alpha value is -1.68. The highest BCUT2D eigenvalue weighted by molar-refractivity contribution is 9.10. The van der Waals surface area contributed by atoms with E-state index in [0.29, 0.717) is 12.1 Å². The van der Waals surface area contributed by atoms with Gasteiger partial charge in [0.1, 0.15) is 0 Å². The quantitative estimate of drug-likeness (QED) is 0.944. The first kappa shape index (κ1) is 12.8. The van der Waals surface area contributed by atoms with E-state index in [1.165, 1.54) is 0 Å². The van der Waals surface area contributed by atoms with E-state index in [9.17, 15) is 4.79 Å². The van der Waals surface area contributed by atoms with Gasteiger partial charge in [-0.1, -0.05) is 12.1 Å². The molecule has 0 saturated heterocycles. The SMILES string of the molecule is O=C(NCCc1ccncc1)c1ccccc1Br. The zero-order chi connectivity index (χ0) is 12.8. The van der Waals surface area contributed by atoms with Crippen molar-refractivity contribution in [3.05, 3.63) is 64.4 Å². The Bertz CT molecular complexity index is 528. The Morgan fingerprint density at radius 1 is 1.17 bits per heavy atom. The summed E-state index contributed by atoms with van der Waals surface area (Å²) in [6.07, 6.45) is 4.31. The normalized spacial score (nSPS) is 10.1. The van der Waals surface area contributed by atoms with Crippen molar-refractivity contribution >= 4 is 21.8 Å². The van der Waals surface area contributed by atoms with E-state index in [-0.39, 0.29) is 5.91 Å². The lowest BCUT2D eigenvalue weighted by Gasteiger charge is -2.06. The first-order valence-electron chi connectivity index (χ1n) is 5.69. The van der Waals surface area contributed by atoms with Crippen molar-refractivity contribution < 1.29 is 4.79 Å². The van der Waals surface area contributed by atoms with Gasteiger partial charge in [0.2, 0.25) is 0 Å². The number of carbonyl (C=O) groups is 1. The molecule has 2 rings (SSSR count). The van der Waals surface area contributed by atoms with Crippen molar-refractivity contribution in [1.29, 1.82) is 0 Å². The van der Waals surface area contributed by atoms with Crippen LogP contribution in [-0.2, 0) is 6.42 Å². The minimum absolute atomic E-state index is 0.0588. The topological polar surface area (TPSA) is 42.0 Å². The maximum Gasteiger partial charge on any atom is 0.252 e. The van der Waals surface area contributed by atoms with Gasteiger partial charge in [0, 0.05) is 23.4 Å². The molecule has 0 saturated carbocycles. The Labute approximate surface area is 114 Å². The van der Waals surface area contributed by atoms with Crippen molar-refractivity contribution in [2.45, 2.75) is 6.42 Å². The maximum atomic E-state index is 11.9. The summed E-state index contributed by atoms with van der Waals surface area (Å²) >= 11 is 3.36. The van der Waals surface area contributed by atoms with Crippen LogP contribution < -0.4 is 5.32 Å². The van der Waals surface area contributed by atoms with Crippen LogP contribution in [0.3, 0.4) is 0 Å². The van der Waals surface area contributed by atoms with Crippen molar-refractivity contribution in [3.63, 3.8) is 0 Å². The van der Waals surface area contributed by atoms with E-state index >= 15 is 0 Å². The number of benzene rings is 1. The molecule has 0 aliphatic rings. The van der Waals surface area contributed by atoms with Crippen molar-refractivity contribution in [2.24, 2.45) is 0 Å². The molecule has 0 atom stereocenters. The lowest BCUT2D eigenvalue weighted by atomic mass is 10.2. The second-order valence-corrected chi connectivity index (χ2v) is 4.70. The largest absolute Gasteiger partial charge is 0.352 e. The summed E-state index contributed by atoms with van der Waals surface area (Å²) in [5.41, 5.74) is 1.82. The van der Waals surface area contributed by atoms with Gasteiger partial charge in [0.05, 0.1) is 5.56 Å². The number of nitrogens with one attached hydrogen (secondary N) is 1. The van der Waals surface area contributed by atoms with E-state index in [1.807, 2.05) is 30.3 Å². The Balaban J connectivity index is 1.88. The highest BCUT2D eigenvalue weighted by atomic mass is 79.9. The fourth-order valence-electron chi connectivity index (χ4n) is 1.61. The van der Waals surface area contributed by atoms with Gasteiger partial charge in [0.25, 0.3) is 5.91 Å². The van der Waals surface area contributed by atoms with Crippen LogP contribution in [0.4, 0.5) is 0 Å². The molecule has 18 heavy (non-hydrogen) atoms. The van der Waals surface area contributed by atoms with Crippen LogP contribution in [0, 0.1) is 0 Å². The zero-order valence-electron chi connectivity index (χ0n) is 9.77. The van der Waals surface area contributed by atoms with Gasteiger partial charge in [-0.15, -0.1) is 0 Å². The first-order valence-corrected chi connectivity index (χ1v) is 6.48. The van der Waals surface area contributed by atoms with E-state index in [1.54, 1.807) is 18.5 Å². The molecule has 0 fully saturated rings. The Morgan fingerprint density at radius 3 is 2.61 bits per heavy atom. The zero-order valence-corrected chi connectivity index (χ0v) is 11.4. The molecule has 3 nitrogen and oxygen atoms in total. The van der Waals surface area contributed by atoms with Gasteiger partial charge in [-0.05, 0) is 52.2 Å². The van der Waals surface area contributed by atoms with Gasteiger partial charge in [-0.3, -0.25) is 9.78 Å². The Kier molecular flexibility index (Phi) is 4.47. The monoisotopic (exact) mass is 304 g/mol. The summed E-state index contributed by atoms with van der Waals surface area (Å²) in [7, 11) is 0. The molecule has 0 aliphatic carbocycles. The molecule has 1 amide bonds. The molecule has 0 aliphatic heterocycles. The number of halogens is 1. The molecule has 1 heterocycles. The highest BCUT2D eigenvalue weighted by Crippen LogP contribution is 2.15. The summed E-state index contributed by atoms with van der Waals surface area (Å²) in [6, 6.07) is 11.3. The fourth-order valence-corrected chi connectivity index (χ4v) is 2.08. The summed E-state index contributed by atoms with van der Waals surface area (Å²) in [4.78, 5) is 15.9. The number of hydrogen-bond donors (Lipinski definition) is 1. The molecular weight excluding hydrogens is 292 g/mol. The molecular formula is C14H13BrN2O. The van der Waals surface area contributed by atoms with Crippen LogP contribution >= 0.6 is 15.9 Å². The molecule has 1 aromatic carbocycles. The summed E-state index contributed by atoms with van der Waals surface area (Å²) in [5, 5.41) is 2.90. The van der Waals surface area contributed by atoms with Crippen LogP contribution in [0.15, 0.2) is 53.3 Å². The van der Waals surface area contributed by atoms with E-state index in [4.69, 9.17) is 0 Å². The van der Waals surface area contributed by atoms with Gasteiger partial charge in [-0.25, -0.2) is 0 Å². The van der Waals surface area contributed by atoms with Crippen LogP contribution in [0.1, 0.15) is 15.9 Å². The summed E-state index contributed by atoms with van der Waals surface area (Å²) in [5.74, 6) is -0.0588. The van der Waals surface area contributed by atoms with Gasteiger partial charge in [0.15, 0.2) is 0 Å². The lowest BCUT2D eigenvalue weighted by molar-refractivity contribution is 0.0953. The molecule has 92 valence electrons. The molecule has 0 bridgehead atoms. The van der Waals surface area contributed by atoms with Crippen molar-refractivity contribution in [1.82, 2.24) is 10.3 Å². The van der Waals surface area contributed by atoms with Crippen molar-refractivity contribution in [3.8, 4) is 0 Å². The smallest absolute Gasteiger partial charge is 0.252 e. The molecule has 1 N–H and O–H groups in total. The third kappa shape index (κ3) is 3.40. The second-order valence-electron chi connectivity index (χ2n) is 3.84.